The van der Waals surface area contributed by atoms with E-state index in [9.17, 15) is 5.11 Å². The monoisotopic (exact) mass is 691 g/mol. The van der Waals surface area contributed by atoms with Crippen molar-refractivity contribution in [1.82, 2.24) is 4.90 Å². The van der Waals surface area contributed by atoms with Crippen molar-refractivity contribution < 1.29 is 14.6 Å². The SMILES string of the molecule is CCCCCCCC/C=C\CCCCCCCCOC(N)C(CN1CCC(O)CC1)OCCCCCCCC/C=C\CCCCCCCC. The quantitative estimate of drug-likeness (QED) is 0.0386. The van der Waals surface area contributed by atoms with Gasteiger partial charge >= 0.3 is 0 Å². The molecule has 0 saturated carbocycles. The van der Waals surface area contributed by atoms with Gasteiger partial charge in [-0.25, -0.2) is 0 Å². The van der Waals surface area contributed by atoms with Gasteiger partial charge in [-0.1, -0.05) is 154 Å². The van der Waals surface area contributed by atoms with Gasteiger partial charge in [-0.15, -0.1) is 0 Å². The molecule has 1 saturated heterocycles. The number of aliphatic hydroxyl groups excluding tert-OH is 1. The average Bonchev–Trinajstić information content (AvgIpc) is 3.11. The number of hydrogen-bond acceptors (Lipinski definition) is 5. The highest BCUT2D eigenvalue weighted by Gasteiger charge is 2.25. The van der Waals surface area contributed by atoms with Crippen molar-refractivity contribution in [2.45, 2.75) is 225 Å². The minimum Gasteiger partial charge on any atom is -0.393 e. The number of nitrogens with two attached hydrogens (primary N) is 1. The maximum absolute atomic E-state index is 9.94. The first kappa shape index (κ1) is 46.3. The highest BCUT2D eigenvalue weighted by Crippen LogP contribution is 2.15. The summed E-state index contributed by atoms with van der Waals surface area (Å²) in [5.74, 6) is 0. The van der Waals surface area contributed by atoms with Gasteiger partial charge in [-0.3, -0.25) is 0 Å². The molecule has 1 heterocycles. The summed E-state index contributed by atoms with van der Waals surface area (Å²) in [5, 5.41) is 9.94. The van der Waals surface area contributed by atoms with Crippen LogP contribution in [0.25, 0.3) is 0 Å². The molecule has 5 nitrogen and oxygen atoms in total. The van der Waals surface area contributed by atoms with Crippen LogP contribution in [0.2, 0.25) is 0 Å². The minimum absolute atomic E-state index is 0.104. The fourth-order valence-corrected chi connectivity index (χ4v) is 6.87. The van der Waals surface area contributed by atoms with E-state index in [1.807, 2.05) is 0 Å². The maximum atomic E-state index is 9.94. The molecule has 0 aromatic rings. The lowest BCUT2D eigenvalue weighted by Gasteiger charge is -2.34. The summed E-state index contributed by atoms with van der Waals surface area (Å²) in [6, 6.07) is 0. The number of ether oxygens (including phenoxy) is 2. The van der Waals surface area contributed by atoms with Crippen molar-refractivity contribution in [2.75, 3.05) is 32.8 Å². The number of hydrogen-bond donors (Lipinski definition) is 2. The van der Waals surface area contributed by atoms with Crippen molar-refractivity contribution in [2.24, 2.45) is 5.73 Å². The lowest BCUT2D eigenvalue weighted by Crippen LogP contribution is -2.49. The Hall–Kier alpha value is -0.720. The van der Waals surface area contributed by atoms with Gasteiger partial charge in [0.05, 0.1) is 6.10 Å². The first-order chi connectivity index (χ1) is 24.2. The summed E-state index contributed by atoms with van der Waals surface area (Å²) in [4.78, 5) is 2.40. The number of allylic oxidation sites excluding steroid dienone is 4. The zero-order chi connectivity index (χ0) is 35.3. The van der Waals surface area contributed by atoms with E-state index < -0.39 is 0 Å². The third kappa shape index (κ3) is 31.7. The third-order valence-electron chi connectivity index (χ3n) is 10.3. The first-order valence-electron chi connectivity index (χ1n) is 21.9. The highest BCUT2D eigenvalue weighted by atomic mass is 16.5. The number of likely N-dealkylation sites (tertiary alicyclic amines) is 1. The molecule has 0 spiro atoms. The predicted molar refractivity (Wildman–Crippen MR) is 214 cm³/mol. The van der Waals surface area contributed by atoms with Crippen molar-refractivity contribution >= 4 is 0 Å². The van der Waals surface area contributed by atoms with Crippen molar-refractivity contribution in [3.8, 4) is 0 Å². The van der Waals surface area contributed by atoms with E-state index in [2.05, 4.69) is 43.1 Å². The molecule has 2 atom stereocenters. The third-order valence-corrected chi connectivity index (χ3v) is 10.3. The Bertz CT molecular complexity index is 706. The summed E-state index contributed by atoms with van der Waals surface area (Å²) in [5.41, 5.74) is 6.57. The van der Waals surface area contributed by atoms with Gasteiger partial charge in [0, 0.05) is 32.8 Å². The average molecular weight is 691 g/mol. The first-order valence-corrected chi connectivity index (χ1v) is 21.9. The van der Waals surface area contributed by atoms with E-state index in [-0.39, 0.29) is 18.4 Å². The van der Waals surface area contributed by atoms with Crippen LogP contribution in [-0.4, -0.2) is 61.3 Å². The number of aliphatic hydroxyl groups is 1. The molecule has 1 aliphatic rings. The lowest BCUT2D eigenvalue weighted by atomic mass is 10.1. The van der Waals surface area contributed by atoms with Crippen molar-refractivity contribution in [3.05, 3.63) is 24.3 Å². The molecule has 2 unspecified atom stereocenters. The van der Waals surface area contributed by atoms with Crippen LogP contribution in [0.15, 0.2) is 24.3 Å². The van der Waals surface area contributed by atoms with Gasteiger partial charge in [0.2, 0.25) is 0 Å². The van der Waals surface area contributed by atoms with Crippen molar-refractivity contribution in [3.63, 3.8) is 0 Å². The highest BCUT2D eigenvalue weighted by molar-refractivity contribution is 4.82. The second-order valence-electron chi connectivity index (χ2n) is 15.2. The second kappa shape index (κ2) is 37.1. The Kier molecular flexibility index (Phi) is 35.0. The van der Waals surface area contributed by atoms with Gasteiger partial charge in [0.1, 0.15) is 12.3 Å². The van der Waals surface area contributed by atoms with E-state index in [1.54, 1.807) is 0 Å². The number of unbranched alkanes of at least 4 members (excludes halogenated alkanes) is 24. The Morgan fingerprint density at radius 1 is 0.531 bits per heavy atom. The molecule has 3 N–H and O–H groups in total. The standard InChI is InChI=1S/C44H86N2O3/c1-3-5-7-9-11-13-15-17-19-21-23-25-27-29-31-33-39-48-43(41-46-37-35-42(47)36-38-46)44(45)49-40-34-32-30-28-26-24-22-20-18-16-14-12-10-8-6-4-2/h17-20,42-44,47H,3-16,21-41,45H2,1-2H3/b19-17-,20-18-. The molecule has 290 valence electrons. The number of nitrogens with zero attached hydrogens (tertiary/aromatic N) is 1. The minimum atomic E-state index is -0.385. The van der Waals surface area contributed by atoms with Crippen LogP contribution in [-0.2, 0) is 9.47 Å². The molecule has 0 aromatic carbocycles. The second-order valence-corrected chi connectivity index (χ2v) is 15.2. The summed E-state index contributed by atoms with van der Waals surface area (Å²) < 4.78 is 12.5. The maximum Gasteiger partial charge on any atom is 0.133 e. The summed E-state index contributed by atoms with van der Waals surface area (Å²) in [6.45, 7) is 8.67. The number of rotatable bonds is 37. The van der Waals surface area contributed by atoms with Crippen LogP contribution < -0.4 is 5.73 Å². The molecule has 0 aliphatic carbocycles. The van der Waals surface area contributed by atoms with Crippen molar-refractivity contribution in [1.29, 1.82) is 0 Å². The Balaban J connectivity index is 2.08. The fourth-order valence-electron chi connectivity index (χ4n) is 6.87. The van der Waals surface area contributed by atoms with Crippen LogP contribution in [0.5, 0.6) is 0 Å². The van der Waals surface area contributed by atoms with E-state index in [0.717, 1.165) is 58.5 Å². The molecule has 0 radical (unpaired) electrons. The molecular formula is C44H86N2O3. The Morgan fingerprint density at radius 3 is 1.29 bits per heavy atom. The molecule has 1 fully saturated rings. The fraction of sp³-hybridized carbons (Fsp3) is 0.909. The van der Waals surface area contributed by atoms with Crippen LogP contribution in [0, 0.1) is 0 Å². The summed E-state index contributed by atoms with van der Waals surface area (Å²) >= 11 is 0. The van der Waals surface area contributed by atoms with Crippen LogP contribution >= 0.6 is 0 Å². The molecule has 49 heavy (non-hydrogen) atoms. The molecule has 0 amide bonds. The van der Waals surface area contributed by atoms with E-state index in [4.69, 9.17) is 15.2 Å². The molecule has 0 aromatic heterocycles. The van der Waals surface area contributed by atoms with E-state index in [1.165, 1.54) is 167 Å². The van der Waals surface area contributed by atoms with Gasteiger partial charge in [0.25, 0.3) is 0 Å². The van der Waals surface area contributed by atoms with Gasteiger partial charge in [0.15, 0.2) is 0 Å². The van der Waals surface area contributed by atoms with Crippen LogP contribution in [0.4, 0.5) is 0 Å². The molecular weight excluding hydrogens is 604 g/mol. The zero-order valence-corrected chi connectivity index (χ0v) is 33.1. The summed E-state index contributed by atoms with van der Waals surface area (Å²) in [7, 11) is 0. The van der Waals surface area contributed by atoms with Gasteiger partial charge in [-0.2, -0.15) is 0 Å². The van der Waals surface area contributed by atoms with Crippen LogP contribution in [0.3, 0.4) is 0 Å². The van der Waals surface area contributed by atoms with E-state index in [0.29, 0.717) is 0 Å². The largest absolute Gasteiger partial charge is 0.393 e. The van der Waals surface area contributed by atoms with Gasteiger partial charge in [-0.05, 0) is 77.0 Å². The molecule has 1 rings (SSSR count). The topological polar surface area (TPSA) is 68.0 Å². The normalized spacial score (nSPS) is 16.0. The Labute approximate surface area is 306 Å². The predicted octanol–water partition coefficient (Wildman–Crippen LogP) is 12.2. The molecule has 0 bridgehead atoms. The van der Waals surface area contributed by atoms with Gasteiger partial charge < -0.3 is 25.2 Å². The smallest absolute Gasteiger partial charge is 0.133 e. The Morgan fingerprint density at radius 2 is 0.878 bits per heavy atom. The molecule has 1 aliphatic heterocycles. The van der Waals surface area contributed by atoms with E-state index >= 15 is 0 Å². The summed E-state index contributed by atoms with van der Waals surface area (Å²) in [6.07, 6.45) is 47.4. The lowest BCUT2D eigenvalue weighted by molar-refractivity contribution is -0.0870. The zero-order valence-electron chi connectivity index (χ0n) is 33.1. The number of piperidine rings is 1. The van der Waals surface area contributed by atoms with Crippen LogP contribution in [0.1, 0.15) is 206 Å². The molecule has 5 heteroatoms.